The van der Waals surface area contributed by atoms with Crippen molar-refractivity contribution in [2.45, 2.75) is 101 Å². The first-order valence-electron chi connectivity index (χ1n) is 11.3. The molecule has 0 aliphatic rings. The van der Waals surface area contributed by atoms with Crippen LogP contribution < -0.4 is 0 Å². The van der Waals surface area contributed by atoms with Gasteiger partial charge in [0.1, 0.15) is 0 Å². The molecule has 0 atom stereocenters. The monoisotopic (exact) mass is 938 g/mol. The molecule has 0 heterocycles. The fourth-order valence-electron chi connectivity index (χ4n) is 3.07. The fraction of sp³-hybridized carbons (Fsp3) is 0.944. The predicted molar refractivity (Wildman–Crippen MR) is 100.0 cm³/mol. The van der Waals surface area contributed by atoms with Gasteiger partial charge in [-0.2, -0.15) is 154 Å². The van der Waals surface area contributed by atoms with Crippen molar-refractivity contribution in [1.29, 1.82) is 0 Å². The van der Waals surface area contributed by atoms with E-state index in [9.17, 15) is 158 Å². The topological polar surface area (TPSA) is 37.3 Å². The van der Waals surface area contributed by atoms with Crippen molar-refractivity contribution >= 4 is 35.5 Å². The molecule has 0 aromatic rings. The van der Waals surface area contributed by atoms with Crippen LogP contribution in [0.25, 0.3) is 0 Å². The number of hydrogen-bond acceptors (Lipinski definition) is 1. The number of carboxylic acid groups (broad SMARTS) is 1. The summed E-state index contributed by atoms with van der Waals surface area (Å²) in [7, 11) is 0. The third-order valence-corrected chi connectivity index (χ3v) is 6.54. The minimum absolute atomic E-state index is 0. The van der Waals surface area contributed by atoms with Crippen molar-refractivity contribution in [3.8, 4) is 0 Å². The van der Waals surface area contributed by atoms with Gasteiger partial charge in [0.2, 0.25) is 0 Å². The summed E-state index contributed by atoms with van der Waals surface area (Å²) in [6.45, 7) is 0. The van der Waals surface area contributed by atoms with E-state index >= 15 is 0 Å². The molecule has 0 fully saturated rings. The third-order valence-electron chi connectivity index (χ3n) is 6.54. The first-order chi connectivity index (χ1) is 22.9. The van der Waals surface area contributed by atoms with Gasteiger partial charge in [-0.05, 0) is 0 Å². The first-order valence-corrected chi connectivity index (χ1v) is 11.3. The second kappa shape index (κ2) is 13.5. The molecular weight excluding hydrogens is 936 g/mol. The zero-order valence-electron chi connectivity index (χ0n) is 23.1. The van der Waals surface area contributed by atoms with E-state index in [0.717, 1.165) is 0 Å². The van der Waals surface area contributed by atoms with Crippen LogP contribution in [0.5, 0.6) is 0 Å². The van der Waals surface area contributed by atoms with Gasteiger partial charge in [0, 0.05) is 0 Å². The van der Waals surface area contributed by atoms with Crippen LogP contribution in [0.2, 0.25) is 0 Å². The summed E-state index contributed by atoms with van der Waals surface area (Å²) in [5, 5.41) is 7.66. The maximum absolute atomic E-state index is 13.8. The van der Waals surface area contributed by atoms with E-state index in [0.29, 0.717) is 0 Å². The van der Waals surface area contributed by atoms with E-state index < -0.39 is 107 Å². The Bertz CT molecular complexity index is 1450. The molecule has 0 aliphatic carbocycles. The number of rotatable bonds is 16. The van der Waals surface area contributed by atoms with Gasteiger partial charge in [-0.1, -0.05) is 0 Å². The Labute approximate surface area is 300 Å². The molecule has 332 valence electrons. The molecule has 38 heteroatoms. The standard InChI is InChI=1S/C18HF35O2.Na.H/c19-2(20,1(54)55)3(21,22)4(23,24)5(25,26)6(27,28)7(29,30)8(31,32)9(33,34)10(35,36)11(37,38)12(39,40)13(41,42)14(43,44)15(45,46)16(47,48)17(49,50)18(51,52)53;;/h(H,54,55);;. The second-order valence-electron chi connectivity index (χ2n) is 9.99. The summed E-state index contributed by atoms with van der Waals surface area (Å²) >= 11 is 0. The van der Waals surface area contributed by atoms with Crippen molar-refractivity contribution in [2.75, 3.05) is 0 Å². The van der Waals surface area contributed by atoms with Gasteiger partial charge >= 0.3 is 136 Å². The molecule has 0 saturated carbocycles. The Balaban J connectivity index is 0. The molecule has 0 bridgehead atoms. The summed E-state index contributed by atoms with van der Waals surface area (Å²) in [5.41, 5.74) is 0. The predicted octanol–water partition coefficient (Wildman–Crippen LogP) is 10.1. The number of aliphatic carboxylic acids is 1. The minimum atomic E-state index is -10.4. The number of carbonyl (C=O) groups is 1. The zero-order chi connectivity index (χ0) is 46.1. The molecule has 0 radical (unpaired) electrons. The van der Waals surface area contributed by atoms with E-state index in [2.05, 4.69) is 0 Å². The van der Waals surface area contributed by atoms with Gasteiger partial charge < -0.3 is 5.11 Å². The molecule has 0 spiro atoms. The van der Waals surface area contributed by atoms with Crippen molar-refractivity contribution < 1.29 is 164 Å². The van der Waals surface area contributed by atoms with E-state index in [1.165, 1.54) is 0 Å². The van der Waals surface area contributed by atoms with Crippen LogP contribution in [0.15, 0.2) is 0 Å². The van der Waals surface area contributed by atoms with Gasteiger partial charge in [-0.3, -0.25) is 0 Å². The van der Waals surface area contributed by atoms with Crippen LogP contribution in [-0.4, -0.2) is 142 Å². The molecule has 0 aromatic heterocycles. The quantitative estimate of drug-likeness (QED) is 0.124. The Morgan fingerprint density at radius 2 is 0.339 bits per heavy atom. The average Bonchev–Trinajstić information content (AvgIpc) is 2.94. The number of alkyl halides is 35. The van der Waals surface area contributed by atoms with Gasteiger partial charge in [-0.25, -0.2) is 4.79 Å². The van der Waals surface area contributed by atoms with E-state index in [4.69, 9.17) is 5.11 Å². The number of carboxylic acids is 1. The summed E-state index contributed by atoms with van der Waals surface area (Å²) < 4.78 is 468. The third kappa shape index (κ3) is 6.18. The molecule has 2 nitrogen and oxygen atoms in total. The Kier molecular flexibility index (Phi) is 13.5. The zero-order valence-corrected chi connectivity index (χ0v) is 23.1. The summed E-state index contributed by atoms with van der Waals surface area (Å²) in [5.74, 6) is -161. The van der Waals surface area contributed by atoms with Crippen LogP contribution in [-0.2, 0) is 4.79 Å². The van der Waals surface area contributed by atoms with Gasteiger partial charge in [0.15, 0.2) is 0 Å². The van der Waals surface area contributed by atoms with Gasteiger partial charge in [0.05, 0.1) is 0 Å². The summed E-state index contributed by atoms with van der Waals surface area (Å²) in [6.07, 6.45) is -8.44. The van der Waals surface area contributed by atoms with E-state index in [1.54, 1.807) is 0 Å². The van der Waals surface area contributed by atoms with Crippen molar-refractivity contribution in [3.63, 3.8) is 0 Å². The molecule has 0 amide bonds. The Morgan fingerprint density at radius 1 is 0.232 bits per heavy atom. The molecular formula is C18H2F35NaO2. The first kappa shape index (κ1) is 56.1. The molecule has 1 N–H and O–H groups in total. The normalized spacial score (nSPS) is 16.8. The second-order valence-corrected chi connectivity index (χ2v) is 9.99. The van der Waals surface area contributed by atoms with Crippen LogP contribution in [0.3, 0.4) is 0 Å². The van der Waals surface area contributed by atoms with E-state index in [-0.39, 0.29) is 29.6 Å². The SMILES string of the molecule is O=C(O)C(F)(F)C(F)(F)C(F)(F)C(F)(F)C(F)(F)C(F)(F)C(F)(F)C(F)(F)C(F)(F)C(F)(F)C(F)(F)C(F)(F)C(F)(F)C(F)(F)C(F)(F)C(F)(F)C(F)(F)F.[NaH]. The van der Waals surface area contributed by atoms with Crippen molar-refractivity contribution in [1.82, 2.24) is 0 Å². The molecule has 0 saturated heterocycles. The van der Waals surface area contributed by atoms with Crippen molar-refractivity contribution in [2.24, 2.45) is 0 Å². The Morgan fingerprint density at radius 3 is 0.446 bits per heavy atom. The van der Waals surface area contributed by atoms with Crippen molar-refractivity contribution in [3.05, 3.63) is 0 Å². The summed E-state index contributed by atoms with van der Waals surface area (Å²) in [4.78, 5) is 9.95. The number of hydrogen-bond donors (Lipinski definition) is 1. The van der Waals surface area contributed by atoms with E-state index in [1.807, 2.05) is 0 Å². The van der Waals surface area contributed by atoms with Crippen LogP contribution in [0, 0.1) is 0 Å². The number of halogens is 35. The van der Waals surface area contributed by atoms with Crippen LogP contribution in [0.4, 0.5) is 154 Å². The molecule has 0 rings (SSSR count). The maximum atomic E-state index is 13.8. The van der Waals surface area contributed by atoms with Gasteiger partial charge in [-0.15, -0.1) is 0 Å². The average molecular weight is 938 g/mol. The van der Waals surface area contributed by atoms with Crippen LogP contribution in [0.1, 0.15) is 0 Å². The molecule has 0 unspecified atom stereocenters. The fourth-order valence-corrected chi connectivity index (χ4v) is 3.07. The van der Waals surface area contributed by atoms with Crippen LogP contribution >= 0.6 is 0 Å². The van der Waals surface area contributed by atoms with Gasteiger partial charge in [0.25, 0.3) is 0 Å². The Hall–Kier alpha value is -1.98. The molecule has 56 heavy (non-hydrogen) atoms. The molecule has 0 aromatic carbocycles. The molecule has 0 aliphatic heterocycles. The summed E-state index contributed by atoms with van der Waals surface area (Å²) in [6, 6.07) is 0.